The molecular weight excluding hydrogens is 250 g/mol. The number of tetrazole rings is 1. The Kier molecular flexibility index (Phi) is 3.51. The minimum Gasteiger partial charge on any atom is -0.465 e. The van der Waals surface area contributed by atoms with Crippen molar-refractivity contribution in [3.05, 3.63) is 35.2 Å². The molecule has 0 atom stereocenters. The minimum atomic E-state index is -0.515. The molecule has 1 heterocycles. The predicted octanol–water partition coefficient (Wildman–Crippen LogP) is 0.547. The van der Waals surface area contributed by atoms with Crippen molar-refractivity contribution in [1.82, 2.24) is 20.6 Å². The van der Waals surface area contributed by atoms with Gasteiger partial charge in [-0.25, -0.2) is 4.79 Å². The van der Waals surface area contributed by atoms with Crippen LogP contribution >= 0.6 is 0 Å². The number of methoxy groups -OCH3 is 1. The van der Waals surface area contributed by atoms with Gasteiger partial charge < -0.3 is 10.1 Å². The number of nitrogens with one attached hydrogen (secondary N) is 2. The minimum absolute atomic E-state index is 0.0807. The number of anilines is 1. The molecule has 0 spiro atoms. The van der Waals surface area contributed by atoms with Gasteiger partial charge >= 0.3 is 5.97 Å². The van der Waals surface area contributed by atoms with Crippen molar-refractivity contribution in [2.45, 2.75) is 6.92 Å². The van der Waals surface area contributed by atoms with Crippen LogP contribution in [0.1, 0.15) is 26.5 Å². The van der Waals surface area contributed by atoms with E-state index in [0.29, 0.717) is 16.8 Å². The lowest BCUT2D eigenvalue weighted by Gasteiger charge is -2.09. The van der Waals surface area contributed by atoms with E-state index in [9.17, 15) is 9.59 Å². The van der Waals surface area contributed by atoms with Crippen LogP contribution in [-0.4, -0.2) is 39.6 Å². The molecule has 0 bridgehead atoms. The third-order valence-corrected chi connectivity index (χ3v) is 2.54. The second kappa shape index (κ2) is 5.25. The Morgan fingerprint density at radius 2 is 2.16 bits per heavy atom. The second-order valence-corrected chi connectivity index (χ2v) is 3.66. The van der Waals surface area contributed by atoms with Crippen molar-refractivity contribution in [2.75, 3.05) is 12.4 Å². The molecular formula is C11H11N5O3. The van der Waals surface area contributed by atoms with Gasteiger partial charge in [0.25, 0.3) is 11.7 Å². The highest BCUT2D eigenvalue weighted by Gasteiger charge is 2.15. The topological polar surface area (TPSA) is 110 Å². The molecule has 0 saturated carbocycles. The number of hydrogen-bond donors (Lipinski definition) is 2. The average Bonchev–Trinajstić information content (AvgIpc) is 2.94. The van der Waals surface area contributed by atoms with E-state index in [4.69, 9.17) is 0 Å². The van der Waals surface area contributed by atoms with Gasteiger partial charge in [0.15, 0.2) is 0 Å². The molecule has 1 amide bonds. The van der Waals surface area contributed by atoms with Gasteiger partial charge in [-0.1, -0.05) is 6.07 Å². The second-order valence-electron chi connectivity index (χ2n) is 3.66. The Morgan fingerprint density at radius 3 is 2.79 bits per heavy atom. The summed E-state index contributed by atoms with van der Waals surface area (Å²) < 4.78 is 4.66. The van der Waals surface area contributed by atoms with Crippen LogP contribution in [0.3, 0.4) is 0 Å². The Hall–Kier alpha value is -2.77. The molecule has 19 heavy (non-hydrogen) atoms. The Bertz CT molecular complexity index is 609. The fraction of sp³-hybridized carbons (Fsp3) is 0.182. The first kappa shape index (κ1) is 12.7. The van der Waals surface area contributed by atoms with E-state index in [1.165, 1.54) is 7.11 Å². The normalized spacial score (nSPS) is 10.0. The number of rotatable bonds is 3. The number of ether oxygens (including phenoxy) is 1. The number of carbonyl (C=O) groups excluding carboxylic acids is 2. The summed E-state index contributed by atoms with van der Waals surface area (Å²) in [5.41, 5.74) is 1.47. The average molecular weight is 261 g/mol. The summed E-state index contributed by atoms with van der Waals surface area (Å²) >= 11 is 0. The van der Waals surface area contributed by atoms with Crippen molar-refractivity contribution in [2.24, 2.45) is 0 Å². The predicted molar refractivity (Wildman–Crippen MR) is 64.6 cm³/mol. The van der Waals surface area contributed by atoms with E-state index >= 15 is 0 Å². The van der Waals surface area contributed by atoms with Gasteiger partial charge in [0.05, 0.1) is 12.7 Å². The smallest absolute Gasteiger partial charge is 0.338 e. The van der Waals surface area contributed by atoms with Crippen molar-refractivity contribution in [1.29, 1.82) is 0 Å². The summed E-state index contributed by atoms with van der Waals surface area (Å²) in [5.74, 6) is -1.06. The fourth-order valence-corrected chi connectivity index (χ4v) is 1.54. The maximum Gasteiger partial charge on any atom is 0.338 e. The molecule has 98 valence electrons. The van der Waals surface area contributed by atoms with Crippen LogP contribution in [0.4, 0.5) is 5.69 Å². The summed E-state index contributed by atoms with van der Waals surface area (Å²) in [6, 6.07) is 4.93. The monoisotopic (exact) mass is 261 g/mol. The Morgan fingerprint density at radius 1 is 1.37 bits per heavy atom. The first-order valence-corrected chi connectivity index (χ1v) is 5.36. The van der Waals surface area contributed by atoms with E-state index < -0.39 is 11.9 Å². The number of carbonyl (C=O) groups is 2. The summed E-state index contributed by atoms with van der Waals surface area (Å²) in [5, 5.41) is 15.2. The summed E-state index contributed by atoms with van der Waals surface area (Å²) in [4.78, 5) is 23.3. The number of aromatic amines is 1. The van der Waals surface area contributed by atoms with Crippen LogP contribution in [0.2, 0.25) is 0 Å². The lowest BCUT2D eigenvalue weighted by atomic mass is 10.1. The zero-order chi connectivity index (χ0) is 13.8. The van der Waals surface area contributed by atoms with Crippen LogP contribution in [0.25, 0.3) is 0 Å². The van der Waals surface area contributed by atoms with Crippen molar-refractivity contribution in [3.8, 4) is 0 Å². The number of amides is 1. The van der Waals surface area contributed by atoms with Gasteiger partial charge in [-0.2, -0.15) is 5.21 Å². The molecule has 0 aliphatic rings. The maximum atomic E-state index is 11.8. The summed E-state index contributed by atoms with van der Waals surface area (Å²) in [7, 11) is 1.30. The molecule has 2 aromatic rings. The zero-order valence-electron chi connectivity index (χ0n) is 10.3. The molecule has 0 aliphatic carbocycles. The molecule has 0 radical (unpaired) electrons. The largest absolute Gasteiger partial charge is 0.465 e. The summed E-state index contributed by atoms with van der Waals surface area (Å²) in [6.07, 6.45) is 0. The summed E-state index contributed by atoms with van der Waals surface area (Å²) in [6.45, 7) is 1.71. The van der Waals surface area contributed by atoms with Crippen molar-refractivity contribution in [3.63, 3.8) is 0 Å². The number of aromatic nitrogens is 4. The molecule has 2 N–H and O–H groups in total. The lowest BCUT2D eigenvalue weighted by molar-refractivity contribution is 0.0599. The molecule has 0 fully saturated rings. The highest BCUT2D eigenvalue weighted by atomic mass is 16.5. The highest BCUT2D eigenvalue weighted by molar-refractivity contribution is 6.03. The first-order valence-electron chi connectivity index (χ1n) is 5.36. The quantitative estimate of drug-likeness (QED) is 0.780. The van der Waals surface area contributed by atoms with Crippen LogP contribution in [0.15, 0.2) is 18.2 Å². The lowest BCUT2D eigenvalue weighted by Crippen LogP contribution is -2.16. The van der Waals surface area contributed by atoms with Crippen LogP contribution < -0.4 is 5.32 Å². The first-order chi connectivity index (χ1) is 9.13. The van der Waals surface area contributed by atoms with E-state index in [1.807, 2.05) is 0 Å². The van der Waals surface area contributed by atoms with Gasteiger partial charge in [0.2, 0.25) is 0 Å². The van der Waals surface area contributed by atoms with Crippen molar-refractivity contribution < 1.29 is 14.3 Å². The molecule has 8 nitrogen and oxygen atoms in total. The van der Waals surface area contributed by atoms with Crippen LogP contribution in [0, 0.1) is 6.92 Å². The molecule has 8 heteroatoms. The molecule has 1 aromatic heterocycles. The Balaban J connectivity index is 2.26. The molecule has 2 rings (SSSR count). The van der Waals surface area contributed by atoms with Gasteiger partial charge in [0, 0.05) is 5.69 Å². The Labute approximate surface area is 108 Å². The van der Waals surface area contributed by atoms with E-state index in [1.54, 1.807) is 25.1 Å². The third-order valence-electron chi connectivity index (χ3n) is 2.54. The van der Waals surface area contributed by atoms with Gasteiger partial charge in [-0.05, 0) is 29.8 Å². The zero-order valence-corrected chi connectivity index (χ0v) is 10.3. The number of esters is 1. The van der Waals surface area contributed by atoms with Gasteiger partial charge in [-0.3, -0.25) is 4.79 Å². The maximum absolute atomic E-state index is 11.8. The molecule has 1 aromatic carbocycles. The third kappa shape index (κ3) is 2.57. The van der Waals surface area contributed by atoms with E-state index in [2.05, 4.69) is 30.7 Å². The number of H-pyrrole nitrogens is 1. The fourth-order valence-electron chi connectivity index (χ4n) is 1.54. The van der Waals surface area contributed by atoms with E-state index in [-0.39, 0.29) is 5.82 Å². The molecule has 0 aliphatic heterocycles. The molecule has 0 unspecified atom stereocenters. The highest BCUT2D eigenvalue weighted by Crippen LogP contribution is 2.19. The van der Waals surface area contributed by atoms with Gasteiger partial charge in [-0.15, -0.1) is 10.2 Å². The van der Waals surface area contributed by atoms with Crippen molar-refractivity contribution >= 4 is 17.6 Å². The van der Waals surface area contributed by atoms with E-state index in [0.717, 1.165) is 0 Å². The number of nitrogens with zero attached hydrogens (tertiary/aromatic N) is 3. The number of benzene rings is 1. The standard InChI is InChI=1S/C11H11N5O3/c1-6-7(11(18)19-2)4-3-5-8(6)12-10(17)9-13-15-16-14-9/h3-5H,1-2H3,(H,12,17)(H,13,14,15,16). The molecule has 0 saturated heterocycles. The van der Waals surface area contributed by atoms with Gasteiger partial charge in [0.1, 0.15) is 0 Å². The van der Waals surface area contributed by atoms with Crippen LogP contribution in [-0.2, 0) is 4.74 Å². The van der Waals surface area contributed by atoms with Crippen LogP contribution in [0.5, 0.6) is 0 Å². The SMILES string of the molecule is COC(=O)c1cccc(NC(=O)c2nn[nH]n2)c1C. The number of hydrogen-bond acceptors (Lipinski definition) is 6.